The first-order valence-corrected chi connectivity index (χ1v) is 9.93. The number of hydrogen-bond acceptors (Lipinski definition) is 1. The third-order valence-electron chi connectivity index (χ3n) is 4.65. The molecule has 0 aliphatic carbocycles. The molecule has 0 aromatic heterocycles. The number of thiol groups is 1. The molecule has 0 saturated heterocycles. The zero-order valence-corrected chi connectivity index (χ0v) is 16.9. The van der Waals surface area contributed by atoms with Crippen molar-refractivity contribution in [1.29, 1.82) is 0 Å². The smallest absolute Gasteiger partial charge is 0.142 e. The first kappa shape index (κ1) is 18.5. The van der Waals surface area contributed by atoms with Gasteiger partial charge in [-0.05, 0) is 23.3 Å². The Balaban J connectivity index is 1.92. The standard InChI is InChI=1S/C25H19NS2/c27-25(28)26(23-17-9-7-15-21(23)19-11-3-1-4-12-19)24-18-10-8-16-22(24)20-13-5-2-6-14-20/h1-18H,(H,27,28). The van der Waals surface area contributed by atoms with Crippen LogP contribution in [-0.2, 0) is 0 Å². The first-order valence-electron chi connectivity index (χ1n) is 9.07. The molecule has 3 heteroatoms. The molecule has 0 saturated carbocycles. The molecule has 0 amide bonds. The minimum atomic E-state index is 0.506. The Morgan fingerprint density at radius 3 is 1.29 bits per heavy atom. The molecular formula is C25H19NS2. The maximum Gasteiger partial charge on any atom is 0.142 e. The number of thiocarbonyl (C=S) groups is 1. The van der Waals surface area contributed by atoms with Gasteiger partial charge in [0.25, 0.3) is 0 Å². The van der Waals surface area contributed by atoms with Gasteiger partial charge >= 0.3 is 0 Å². The second-order valence-electron chi connectivity index (χ2n) is 6.38. The molecule has 0 atom stereocenters. The summed E-state index contributed by atoms with van der Waals surface area (Å²) in [6.07, 6.45) is 0. The Labute approximate surface area is 176 Å². The Morgan fingerprint density at radius 2 is 0.893 bits per heavy atom. The fourth-order valence-corrected chi connectivity index (χ4v) is 3.81. The number of hydrogen-bond donors (Lipinski definition) is 1. The molecule has 0 N–H and O–H groups in total. The summed E-state index contributed by atoms with van der Waals surface area (Å²) in [5.41, 5.74) is 6.54. The highest BCUT2D eigenvalue weighted by Gasteiger charge is 2.19. The summed E-state index contributed by atoms with van der Waals surface area (Å²) >= 11 is 10.2. The van der Waals surface area contributed by atoms with E-state index in [4.69, 9.17) is 12.2 Å². The lowest BCUT2D eigenvalue weighted by Crippen LogP contribution is -2.21. The number of para-hydroxylation sites is 2. The second kappa shape index (κ2) is 8.42. The highest BCUT2D eigenvalue weighted by molar-refractivity contribution is 8.11. The molecule has 4 aromatic rings. The van der Waals surface area contributed by atoms with Gasteiger partial charge in [0.15, 0.2) is 0 Å². The third kappa shape index (κ3) is 3.72. The predicted molar refractivity (Wildman–Crippen MR) is 127 cm³/mol. The van der Waals surface area contributed by atoms with Crippen LogP contribution >= 0.6 is 24.8 Å². The van der Waals surface area contributed by atoms with Crippen LogP contribution in [0.3, 0.4) is 0 Å². The normalized spacial score (nSPS) is 10.5. The van der Waals surface area contributed by atoms with E-state index in [1.807, 2.05) is 53.4 Å². The average molecular weight is 398 g/mol. The van der Waals surface area contributed by atoms with Gasteiger partial charge in [-0.25, -0.2) is 0 Å². The van der Waals surface area contributed by atoms with E-state index in [0.29, 0.717) is 4.32 Å². The predicted octanol–water partition coefficient (Wildman–Crippen LogP) is 7.37. The fraction of sp³-hybridized carbons (Fsp3) is 0. The minimum Gasteiger partial charge on any atom is -0.295 e. The lowest BCUT2D eigenvalue weighted by Gasteiger charge is -2.28. The highest BCUT2D eigenvalue weighted by Crippen LogP contribution is 2.40. The van der Waals surface area contributed by atoms with Crippen molar-refractivity contribution >= 4 is 40.5 Å². The lowest BCUT2D eigenvalue weighted by molar-refractivity contribution is 1.38. The molecule has 0 unspecified atom stereocenters. The Kier molecular flexibility index (Phi) is 5.56. The molecule has 4 aromatic carbocycles. The molecule has 0 bridgehead atoms. The number of nitrogens with zero attached hydrogens (tertiary/aromatic N) is 1. The quantitative estimate of drug-likeness (QED) is 0.283. The Morgan fingerprint density at radius 1 is 0.536 bits per heavy atom. The van der Waals surface area contributed by atoms with Crippen molar-refractivity contribution in [2.45, 2.75) is 0 Å². The van der Waals surface area contributed by atoms with Crippen LogP contribution < -0.4 is 4.90 Å². The molecule has 28 heavy (non-hydrogen) atoms. The van der Waals surface area contributed by atoms with Crippen molar-refractivity contribution in [2.75, 3.05) is 4.90 Å². The Hall–Kier alpha value is -2.88. The molecule has 0 aliphatic heterocycles. The summed E-state index contributed by atoms with van der Waals surface area (Å²) in [7, 11) is 0. The van der Waals surface area contributed by atoms with Crippen molar-refractivity contribution < 1.29 is 0 Å². The van der Waals surface area contributed by atoms with Crippen molar-refractivity contribution in [3.63, 3.8) is 0 Å². The van der Waals surface area contributed by atoms with Gasteiger partial charge in [-0.2, -0.15) is 0 Å². The van der Waals surface area contributed by atoms with Gasteiger partial charge in [0.1, 0.15) is 4.32 Å². The van der Waals surface area contributed by atoms with Crippen LogP contribution in [0.25, 0.3) is 22.3 Å². The fourth-order valence-electron chi connectivity index (χ4n) is 3.40. The van der Waals surface area contributed by atoms with Gasteiger partial charge in [0.2, 0.25) is 0 Å². The van der Waals surface area contributed by atoms with E-state index in [-0.39, 0.29) is 0 Å². The topological polar surface area (TPSA) is 3.24 Å². The first-order chi connectivity index (χ1) is 13.8. The van der Waals surface area contributed by atoms with Crippen LogP contribution in [0.15, 0.2) is 109 Å². The molecule has 1 nitrogen and oxygen atoms in total. The number of rotatable bonds is 4. The van der Waals surface area contributed by atoms with Gasteiger partial charge in [-0.15, -0.1) is 12.6 Å². The summed E-state index contributed by atoms with van der Waals surface area (Å²) in [5, 5.41) is 0. The summed E-state index contributed by atoms with van der Waals surface area (Å²) in [5.74, 6) is 0. The van der Waals surface area contributed by atoms with Crippen LogP contribution in [0.5, 0.6) is 0 Å². The van der Waals surface area contributed by atoms with Gasteiger partial charge in [-0.1, -0.05) is 109 Å². The molecule has 0 aliphatic rings. The minimum absolute atomic E-state index is 0.506. The molecule has 0 heterocycles. The van der Waals surface area contributed by atoms with E-state index in [2.05, 4.69) is 73.3 Å². The van der Waals surface area contributed by atoms with Crippen molar-refractivity contribution in [3.8, 4) is 22.3 Å². The number of anilines is 2. The summed E-state index contributed by atoms with van der Waals surface area (Å²) in [4.78, 5) is 2.04. The van der Waals surface area contributed by atoms with Crippen molar-refractivity contribution in [2.24, 2.45) is 0 Å². The van der Waals surface area contributed by atoms with Gasteiger partial charge in [0, 0.05) is 11.1 Å². The van der Waals surface area contributed by atoms with Gasteiger partial charge < -0.3 is 0 Å². The molecular weight excluding hydrogens is 378 g/mol. The maximum absolute atomic E-state index is 5.59. The van der Waals surface area contributed by atoms with Crippen LogP contribution in [0.2, 0.25) is 0 Å². The van der Waals surface area contributed by atoms with Crippen molar-refractivity contribution in [3.05, 3.63) is 109 Å². The Bertz CT molecular complexity index is 1010. The van der Waals surface area contributed by atoms with Gasteiger partial charge in [0.05, 0.1) is 11.4 Å². The van der Waals surface area contributed by atoms with Crippen LogP contribution in [0, 0.1) is 0 Å². The molecule has 0 spiro atoms. The summed E-state index contributed by atoms with van der Waals surface area (Å²) < 4.78 is 0.506. The monoisotopic (exact) mass is 397 g/mol. The van der Waals surface area contributed by atoms with Crippen LogP contribution in [0.1, 0.15) is 0 Å². The molecule has 4 rings (SSSR count). The SMILES string of the molecule is S=C(S)N(c1ccccc1-c1ccccc1)c1ccccc1-c1ccccc1. The summed E-state index contributed by atoms with van der Waals surface area (Å²) in [6.45, 7) is 0. The van der Waals surface area contributed by atoms with Crippen molar-refractivity contribution in [1.82, 2.24) is 0 Å². The maximum atomic E-state index is 5.59. The molecule has 136 valence electrons. The average Bonchev–Trinajstić information content (AvgIpc) is 2.76. The van der Waals surface area contributed by atoms with E-state index in [0.717, 1.165) is 33.6 Å². The second-order valence-corrected chi connectivity index (χ2v) is 7.50. The third-order valence-corrected chi connectivity index (χ3v) is 5.03. The molecule has 0 fully saturated rings. The lowest BCUT2D eigenvalue weighted by atomic mass is 10.00. The zero-order chi connectivity index (χ0) is 19.3. The van der Waals surface area contributed by atoms with E-state index in [1.54, 1.807) is 0 Å². The van der Waals surface area contributed by atoms with E-state index in [1.165, 1.54) is 0 Å². The number of benzene rings is 4. The highest BCUT2D eigenvalue weighted by atomic mass is 32.1. The largest absolute Gasteiger partial charge is 0.295 e. The van der Waals surface area contributed by atoms with E-state index < -0.39 is 0 Å². The summed E-state index contributed by atoms with van der Waals surface area (Å²) in [6, 6.07) is 37.3. The molecule has 0 radical (unpaired) electrons. The van der Waals surface area contributed by atoms with E-state index >= 15 is 0 Å². The van der Waals surface area contributed by atoms with Crippen LogP contribution in [0.4, 0.5) is 11.4 Å². The zero-order valence-electron chi connectivity index (χ0n) is 15.2. The van der Waals surface area contributed by atoms with Gasteiger partial charge in [-0.3, -0.25) is 4.90 Å². The van der Waals surface area contributed by atoms with E-state index in [9.17, 15) is 0 Å². The van der Waals surface area contributed by atoms with Crippen LogP contribution in [-0.4, -0.2) is 4.32 Å².